The summed E-state index contributed by atoms with van der Waals surface area (Å²) in [5.74, 6) is -0.432. The third kappa shape index (κ3) is 2.96. The van der Waals surface area contributed by atoms with Crippen LogP contribution < -0.4 is 5.32 Å². The molecular formula is C10H10F2N4O. The van der Waals surface area contributed by atoms with E-state index in [1.165, 1.54) is 0 Å². The van der Waals surface area contributed by atoms with E-state index in [0.717, 1.165) is 12.3 Å². The third-order valence-electron chi connectivity index (χ3n) is 2.01. The Morgan fingerprint density at radius 1 is 1.41 bits per heavy atom. The van der Waals surface area contributed by atoms with Crippen molar-refractivity contribution >= 4 is 5.82 Å². The molecule has 2 heterocycles. The zero-order valence-corrected chi connectivity index (χ0v) is 9.07. The first-order valence-corrected chi connectivity index (χ1v) is 4.99. The zero-order valence-electron chi connectivity index (χ0n) is 9.07. The van der Waals surface area contributed by atoms with Gasteiger partial charge in [0.15, 0.2) is 17.5 Å². The second kappa shape index (κ2) is 4.86. The Morgan fingerprint density at radius 3 is 2.88 bits per heavy atom. The topological polar surface area (TPSA) is 63.8 Å². The number of rotatable bonds is 4. The van der Waals surface area contributed by atoms with E-state index in [-0.39, 0.29) is 5.82 Å². The Kier molecular flexibility index (Phi) is 3.27. The van der Waals surface area contributed by atoms with Gasteiger partial charge in [0.2, 0.25) is 5.89 Å². The fourth-order valence-electron chi connectivity index (χ4n) is 1.27. The molecule has 17 heavy (non-hydrogen) atoms. The predicted molar refractivity (Wildman–Crippen MR) is 55.4 cm³/mol. The fourth-order valence-corrected chi connectivity index (χ4v) is 1.27. The van der Waals surface area contributed by atoms with Crippen LogP contribution in [0.15, 0.2) is 16.8 Å². The number of aromatic nitrogens is 3. The van der Waals surface area contributed by atoms with Crippen LogP contribution in [0.25, 0.3) is 0 Å². The Morgan fingerprint density at radius 2 is 2.24 bits per heavy atom. The van der Waals surface area contributed by atoms with E-state index in [4.69, 9.17) is 4.52 Å². The quantitative estimate of drug-likeness (QED) is 0.881. The molecular weight excluding hydrogens is 230 g/mol. The first-order chi connectivity index (χ1) is 8.15. The highest BCUT2D eigenvalue weighted by molar-refractivity contribution is 5.35. The molecule has 0 aromatic carbocycles. The number of nitrogens with zero attached hydrogens (tertiary/aromatic N) is 3. The van der Waals surface area contributed by atoms with Gasteiger partial charge in [-0.1, -0.05) is 5.16 Å². The van der Waals surface area contributed by atoms with E-state index in [2.05, 4.69) is 20.4 Å². The Balaban J connectivity index is 1.90. The zero-order chi connectivity index (χ0) is 12.3. The number of nitrogens with one attached hydrogen (secondary N) is 1. The van der Waals surface area contributed by atoms with Crippen LogP contribution in [0.5, 0.6) is 0 Å². The van der Waals surface area contributed by atoms with Gasteiger partial charge in [0.1, 0.15) is 5.82 Å². The number of anilines is 1. The predicted octanol–water partition coefficient (Wildman–Crippen LogP) is 1.71. The van der Waals surface area contributed by atoms with Crippen molar-refractivity contribution in [3.63, 3.8) is 0 Å². The Bertz CT molecular complexity index is 515. The van der Waals surface area contributed by atoms with Crippen molar-refractivity contribution in [1.29, 1.82) is 0 Å². The summed E-state index contributed by atoms with van der Waals surface area (Å²) in [5.41, 5.74) is 0. The van der Waals surface area contributed by atoms with E-state index in [0.29, 0.717) is 24.7 Å². The molecule has 2 rings (SSSR count). The first kappa shape index (κ1) is 11.4. The van der Waals surface area contributed by atoms with Gasteiger partial charge >= 0.3 is 0 Å². The number of halogens is 2. The molecule has 0 unspecified atom stereocenters. The normalized spacial score (nSPS) is 10.5. The highest BCUT2D eigenvalue weighted by Crippen LogP contribution is 2.10. The molecule has 0 bridgehead atoms. The van der Waals surface area contributed by atoms with E-state index in [1.54, 1.807) is 6.92 Å². The van der Waals surface area contributed by atoms with Gasteiger partial charge in [0.25, 0.3) is 0 Å². The number of hydrogen-bond acceptors (Lipinski definition) is 5. The molecule has 0 aliphatic carbocycles. The lowest BCUT2D eigenvalue weighted by atomic mass is 10.4. The van der Waals surface area contributed by atoms with Gasteiger partial charge in [-0.15, -0.1) is 0 Å². The molecule has 1 N–H and O–H groups in total. The summed E-state index contributed by atoms with van der Waals surface area (Å²) in [6.07, 6.45) is 1.39. The smallest absolute Gasteiger partial charge is 0.228 e. The highest BCUT2D eigenvalue weighted by Gasteiger charge is 2.06. The van der Waals surface area contributed by atoms with Gasteiger partial charge in [0.05, 0.1) is 6.20 Å². The number of pyridine rings is 1. The largest absolute Gasteiger partial charge is 0.367 e. The molecule has 5 nitrogen and oxygen atoms in total. The molecule has 0 aliphatic rings. The summed E-state index contributed by atoms with van der Waals surface area (Å²) in [6.45, 7) is 2.08. The maximum Gasteiger partial charge on any atom is 0.228 e. The Labute approximate surface area is 95.9 Å². The Hall–Kier alpha value is -2.05. The molecule has 0 aliphatic heterocycles. The highest BCUT2D eigenvalue weighted by atomic mass is 19.1. The van der Waals surface area contributed by atoms with Gasteiger partial charge < -0.3 is 9.84 Å². The minimum Gasteiger partial charge on any atom is -0.367 e. The van der Waals surface area contributed by atoms with Crippen LogP contribution in [0, 0.1) is 18.6 Å². The lowest BCUT2D eigenvalue weighted by Gasteiger charge is -2.04. The van der Waals surface area contributed by atoms with Gasteiger partial charge in [-0.2, -0.15) is 4.98 Å². The molecule has 2 aromatic heterocycles. The maximum absolute atomic E-state index is 13.2. The lowest BCUT2D eigenvalue weighted by molar-refractivity contribution is 0.377. The fraction of sp³-hybridized carbons (Fsp3) is 0.300. The molecule has 0 amide bonds. The molecule has 7 heteroatoms. The summed E-state index contributed by atoms with van der Waals surface area (Å²) >= 11 is 0. The SMILES string of the molecule is Cc1noc(CCNc2ncc(F)cc2F)n1. The van der Waals surface area contributed by atoms with Crippen LogP contribution in [0.4, 0.5) is 14.6 Å². The van der Waals surface area contributed by atoms with Crippen LogP contribution in [0.2, 0.25) is 0 Å². The monoisotopic (exact) mass is 240 g/mol. The van der Waals surface area contributed by atoms with E-state index in [9.17, 15) is 8.78 Å². The lowest BCUT2D eigenvalue weighted by Crippen LogP contribution is -2.08. The van der Waals surface area contributed by atoms with Crippen molar-refractivity contribution in [3.8, 4) is 0 Å². The van der Waals surface area contributed by atoms with Crippen molar-refractivity contribution in [3.05, 3.63) is 35.6 Å². The van der Waals surface area contributed by atoms with Crippen molar-refractivity contribution in [2.45, 2.75) is 13.3 Å². The van der Waals surface area contributed by atoms with E-state index < -0.39 is 11.6 Å². The van der Waals surface area contributed by atoms with Crippen molar-refractivity contribution in [2.75, 3.05) is 11.9 Å². The molecule has 0 spiro atoms. The average Bonchev–Trinajstić information content (AvgIpc) is 2.68. The summed E-state index contributed by atoms with van der Waals surface area (Å²) in [7, 11) is 0. The van der Waals surface area contributed by atoms with E-state index >= 15 is 0 Å². The minimum atomic E-state index is -0.730. The first-order valence-electron chi connectivity index (χ1n) is 4.99. The van der Waals surface area contributed by atoms with Crippen LogP contribution in [0.3, 0.4) is 0 Å². The number of aryl methyl sites for hydroxylation is 1. The van der Waals surface area contributed by atoms with Crippen molar-refractivity contribution < 1.29 is 13.3 Å². The van der Waals surface area contributed by atoms with Crippen molar-refractivity contribution in [2.24, 2.45) is 0 Å². The molecule has 90 valence electrons. The van der Waals surface area contributed by atoms with Gasteiger partial charge in [0, 0.05) is 19.0 Å². The maximum atomic E-state index is 13.2. The number of hydrogen-bond donors (Lipinski definition) is 1. The van der Waals surface area contributed by atoms with Gasteiger partial charge in [-0.25, -0.2) is 13.8 Å². The second-order valence-corrected chi connectivity index (χ2v) is 3.40. The molecule has 0 atom stereocenters. The standard InChI is InChI=1S/C10H10F2N4O/c1-6-15-9(17-16-6)2-3-13-10-8(12)4-7(11)5-14-10/h4-5H,2-3H2,1H3,(H,13,14). The summed E-state index contributed by atoms with van der Waals surface area (Å²) in [4.78, 5) is 7.57. The minimum absolute atomic E-state index is 0.00244. The van der Waals surface area contributed by atoms with Crippen molar-refractivity contribution in [1.82, 2.24) is 15.1 Å². The molecule has 0 saturated heterocycles. The van der Waals surface area contributed by atoms with Crippen LogP contribution in [-0.2, 0) is 6.42 Å². The molecule has 0 radical (unpaired) electrons. The van der Waals surface area contributed by atoms with Gasteiger partial charge in [-0.3, -0.25) is 0 Å². The van der Waals surface area contributed by atoms with Crippen LogP contribution in [-0.4, -0.2) is 21.7 Å². The van der Waals surface area contributed by atoms with Crippen LogP contribution in [0.1, 0.15) is 11.7 Å². The summed E-state index contributed by atoms with van der Waals surface area (Å²) < 4.78 is 30.6. The van der Waals surface area contributed by atoms with Gasteiger partial charge in [-0.05, 0) is 6.92 Å². The summed E-state index contributed by atoms with van der Waals surface area (Å²) in [5, 5.41) is 6.34. The molecule has 0 saturated carbocycles. The molecule has 0 fully saturated rings. The second-order valence-electron chi connectivity index (χ2n) is 3.40. The third-order valence-corrected chi connectivity index (χ3v) is 2.01. The average molecular weight is 240 g/mol. The van der Waals surface area contributed by atoms with Crippen LogP contribution >= 0.6 is 0 Å². The molecule has 2 aromatic rings. The summed E-state index contributed by atoms with van der Waals surface area (Å²) in [6, 6.07) is 0.770. The van der Waals surface area contributed by atoms with E-state index in [1.807, 2.05) is 0 Å².